The van der Waals surface area contributed by atoms with Gasteiger partial charge in [-0.1, -0.05) is 17.3 Å². The van der Waals surface area contributed by atoms with Crippen molar-refractivity contribution in [3.8, 4) is 0 Å². The SMILES string of the molecule is CO[C@@H]1CS(=O)(=O)C2C(c3ccc(F)cc3)=NOC21. The van der Waals surface area contributed by atoms with Crippen LogP contribution in [0.5, 0.6) is 0 Å². The highest BCUT2D eigenvalue weighted by molar-refractivity contribution is 7.93. The van der Waals surface area contributed by atoms with E-state index in [4.69, 9.17) is 9.57 Å². The monoisotopic (exact) mass is 285 g/mol. The van der Waals surface area contributed by atoms with Crippen molar-refractivity contribution in [2.75, 3.05) is 12.9 Å². The third kappa shape index (κ3) is 1.93. The number of benzene rings is 1. The Morgan fingerprint density at radius 1 is 1.37 bits per heavy atom. The fourth-order valence-corrected chi connectivity index (χ4v) is 4.63. The molecule has 2 unspecified atom stereocenters. The molecule has 1 saturated heterocycles. The third-order valence-corrected chi connectivity index (χ3v) is 5.49. The molecule has 3 atom stereocenters. The maximum absolute atomic E-state index is 12.9. The van der Waals surface area contributed by atoms with Crippen molar-refractivity contribution in [2.24, 2.45) is 5.16 Å². The summed E-state index contributed by atoms with van der Waals surface area (Å²) < 4.78 is 42.3. The van der Waals surface area contributed by atoms with E-state index in [0.29, 0.717) is 11.3 Å². The first kappa shape index (κ1) is 12.6. The molecule has 0 aliphatic carbocycles. The number of fused-ring (bicyclic) bond motifs is 1. The van der Waals surface area contributed by atoms with Crippen molar-refractivity contribution < 1.29 is 22.4 Å². The quantitative estimate of drug-likeness (QED) is 0.804. The Hall–Kier alpha value is -1.47. The number of hydrogen-bond acceptors (Lipinski definition) is 5. The summed E-state index contributed by atoms with van der Waals surface area (Å²) >= 11 is 0. The number of hydrogen-bond donors (Lipinski definition) is 0. The van der Waals surface area contributed by atoms with Crippen LogP contribution in [0.25, 0.3) is 0 Å². The Bertz CT molecular complexity index is 626. The van der Waals surface area contributed by atoms with E-state index in [9.17, 15) is 12.8 Å². The minimum Gasteiger partial charge on any atom is -0.388 e. The molecule has 2 aliphatic rings. The van der Waals surface area contributed by atoms with Crippen LogP contribution in [0, 0.1) is 5.82 Å². The summed E-state index contributed by atoms with van der Waals surface area (Å²) in [7, 11) is -1.92. The average Bonchev–Trinajstić information content (AvgIpc) is 2.91. The van der Waals surface area contributed by atoms with Crippen molar-refractivity contribution in [2.45, 2.75) is 17.5 Å². The molecule has 102 valence electrons. The highest BCUT2D eigenvalue weighted by Gasteiger charge is 2.55. The number of sulfone groups is 1. The maximum atomic E-state index is 12.9. The number of nitrogens with zero attached hydrogens (tertiary/aromatic N) is 1. The summed E-state index contributed by atoms with van der Waals surface area (Å²) in [5.41, 5.74) is 0.874. The molecule has 3 rings (SSSR count). The van der Waals surface area contributed by atoms with E-state index in [1.165, 1.54) is 31.4 Å². The number of methoxy groups -OCH3 is 1. The second-order valence-electron chi connectivity index (χ2n) is 4.58. The molecule has 2 aliphatic heterocycles. The molecule has 0 N–H and O–H groups in total. The Morgan fingerprint density at radius 3 is 2.68 bits per heavy atom. The first-order chi connectivity index (χ1) is 9.03. The van der Waals surface area contributed by atoms with E-state index in [2.05, 4.69) is 5.16 Å². The molecule has 7 heteroatoms. The van der Waals surface area contributed by atoms with Gasteiger partial charge >= 0.3 is 0 Å². The zero-order valence-corrected chi connectivity index (χ0v) is 10.9. The van der Waals surface area contributed by atoms with Crippen LogP contribution in [-0.4, -0.2) is 44.5 Å². The molecule has 0 saturated carbocycles. The van der Waals surface area contributed by atoms with Gasteiger partial charge in [0.2, 0.25) is 0 Å². The molecule has 1 fully saturated rings. The Kier molecular flexibility index (Phi) is 2.83. The summed E-state index contributed by atoms with van der Waals surface area (Å²) in [5, 5.41) is 3.02. The van der Waals surface area contributed by atoms with Gasteiger partial charge in [0.15, 0.2) is 15.9 Å². The maximum Gasteiger partial charge on any atom is 0.177 e. The molecule has 0 radical (unpaired) electrons. The van der Waals surface area contributed by atoms with Gasteiger partial charge < -0.3 is 9.57 Å². The molecule has 0 spiro atoms. The van der Waals surface area contributed by atoms with Gasteiger partial charge in [0, 0.05) is 12.7 Å². The molecular formula is C12H12FNO4S. The van der Waals surface area contributed by atoms with Crippen LogP contribution in [0.15, 0.2) is 29.4 Å². The first-order valence-corrected chi connectivity index (χ1v) is 7.48. The highest BCUT2D eigenvalue weighted by atomic mass is 32.2. The number of oxime groups is 1. The van der Waals surface area contributed by atoms with Gasteiger partial charge in [-0.05, 0) is 12.1 Å². The van der Waals surface area contributed by atoms with Crippen LogP contribution in [0.2, 0.25) is 0 Å². The fraction of sp³-hybridized carbons (Fsp3) is 0.417. The van der Waals surface area contributed by atoms with Gasteiger partial charge in [-0.25, -0.2) is 12.8 Å². The van der Waals surface area contributed by atoms with Gasteiger partial charge in [-0.15, -0.1) is 0 Å². The largest absolute Gasteiger partial charge is 0.388 e. The van der Waals surface area contributed by atoms with Crippen molar-refractivity contribution in [1.29, 1.82) is 0 Å². The van der Waals surface area contributed by atoms with Crippen LogP contribution in [0.3, 0.4) is 0 Å². The summed E-state index contributed by atoms with van der Waals surface area (Å²) in [6.45, 7) is 0. The molecular weight excluding hydrogens is 273 g/mol. The first-order valence-electron chi connectivity index (χ1n) is 5.77. The van der Waals surface area contributed by atoms with Crippen LogP contribution in [0.1, 0.15) is 5.56 Å². The summed E-state index contributed by atoms with van der Waals surface area (Å²) in [5.74, 6) is -0.470. The predicted octanol–water partition coefficient (Wildman–Crippen LogP) is 0.741. The number of ether oxygens (including phenoxy) is 1. The van der Waals surface area contributed by atoms with E-state index in [-0.39, 0.29) is 11.6 Å². The van der Waals surface area contributed by atoms with Gasteiger partial charge in [0.05, 0.1) is 5.75 Å². The van der Waals surface area contributed by atoms with Crippen molar-refractivity contribution in [1.82, 2.24) is 0 Å². The molecule has 1 aromatic carbocycles. The molecule has 0 aromatic heterocycles. The van der Waals surface area contributed by atoms with Gasteiger partial charge in [-0.3, -0.25) is 0 Å². The third-order valence-electron chi connectivity index (χ3n) is 3.43. The van der Waals surface area contributed by atoms with Crippen LogP contribution in [-0.2, 0) is 19.4 Å². The van der Waals surface area contributed by atoms with Gasteiger partial charge in [0.25, 0.3) is 0 Å². The molecule has 19 heavy (non-hydrogen) atoms. The zero-order valence-electron chi connectivity index (χ0n) is 10.1. The lowest BCUT2D eigenvalue weighted by atomic mass is 10.0. The van der Waals surface area contributed by atoms with E-state index < -0.39 is 27.3 Å². The fourth-order valence-electron chi connectivity index (χ4n) is 2.48. The zero-order chi connectivity index (χ0) is 13.6. The predicted molar refractivity (Wildman–Crippen MR) is 66.2 cm³/mol. The van der Waals surface area contributed by atoms with Gasteiger partial charge in [0.1, 0.15) is 22.9 Å². The van der Waals surface area contributed by atoms with Crippen LogP contribution in [0.4, 0.5) is 4.39 Å². The molecule has 0 amide bonds. The summed E-state index contributed by atoms with van der Waals surface area (Å²) in [6, 6.07) is 5.52. The van der Waals surface area contributed by atoms with Crippen molar-refractivity contribution >= 4 is 15.5 Å². The summed E-state index contributed by atoms with van der Waals surface area (Å²) in [6.07, 6.45) is -1.13. The lowest BCUT2D eigenvalue weighted by Gasteiger charge is -2.12. The minimum atomic E-state index is -3.37. The smallest absolute Gasteiger partial charge is 0.177 e. The van der Waals surface area contributed by atoms with Crippen molar-refractivity contribution in [3.05, 3.63) is 35.6 Å². The minimum absolute atomic E-state index is 0.0843. The van der Waals surface area contributed by atoms with E-state index >= 15 is 0 Å². The second kappa shape index (κ2) is 4.28. The van der Waals surface area contributed by atoms with Crippen LogP contribution < -0.4 is 0 Å². The second-order valence-corrected chi connectivity index (χ2v) is 6.74. The number of rotatable bonds is 2. The van der Waals surface area contributed by atoms with E-state index in [0.717, 1.165) is 0 Å². The summed E-state index contributed by atoms with van der Waals surface area (Å²) in [4.78, 5) is 5.20. The standard InChI is InChI=1S/C12H12FNO4S/c1-17-9-6-19(15,16)12-10(14-18-11(9)12)7-2-4-8(13)5-3-7/h2-5,9,11-12H,6H2,1H3/t9-,11?,12?/m1/s1. The van der Waals surface area contributed by atoms with E-state index in [1.54, 1.807) is 0 Å². The highest BCUT2D eigenvalue weighted by Crippen LogP contribution is 2.33. The molecule has 1 aromatic rings. The Labute approximate surface area is 109 Å². The molecule has 5 nitrogen and oxygen atoms in total. The number of halogens is 1. The van der Waals surface area contributed by atoms with E-state index in [1.807, 2.05) is 0 Å². The topological polar surface area (TPSA) is 65.0 Å². The Morgan fingerprint density at radius 2 is 2.05 bits per heavy atom. The lowest BCUT2D eigenvalue weighted by Crippen LogP contribution is -2.34. The lowest BCUT2D eigenvalue weighted by molar-refractivity contribution is -0.0198. The normalized spacial score (nSPS) is 31.7. The Balaban J connectivity index is 1.99. The average molecular weight is 285 g/mol. The molecule has 0 bridgehead atoms. The van der Waals surface area contributed by atoms with Gasteiger partial charge in [-0.2, -0.15) is 0 Å². The van der Waals surface area contributed by atoms with Crippen LogP contribution >= 0.6 is 0 Å². The van der Waals surface area contributed by atoms with Crippen molar-refractivity contribution in [3.63, 3.8) is 0 Å². The molecule has 2 heterocycles.